The maximum Gasteiger partial charge on any atom is 0.192 e. The van der Waals surface area contributed by atoms with Gasteiger partial charge in [0.2, 0.25) is 0 Å². The van der Waals surface area contributed by atoms with Crippen molar-refractivity contribution in [1.82, 2.24) is 19.8 Å². The van der Waals surface area contributed by atoms with Gasteiger partial charge in [0.15, 0.2) is 5.78 Å². The number of hydrogen-bond acceptors (Lipinski definition) is 3. The number of nitrogens with one attached hydrogen (secondary N) is 2. The smallest absolute Gasteiger partial charge is 0.192 e. The van der Waals surface area contributed by atoms with Gasteiger partial charge in [-0.05, 0) is 55.9 Å². The van der Waals surface area contributed by atoms with Crippen LogP contribution in [0.1, 0.15) is 76.8 Å². The van der Waals surface area contributed by atoms with Crippen LogP contribution < -0.4 is 0 Å². The number of H-pyrrole nitrogens is 2. The van der Waals surface area contributed by atoms with Crippen LogP contribution in [-0.4, -0.2) is 38.6 Å². The van der Waals surface area contributed by atoms with Crippen LogP contribution in [0.3, 0.4) is 0 Å². The molecule has 0 aliphatic carbocycles. The molecule has 5 heterocycles. The van der Waals surface area contributed by atoms with Crippen molar-refractivity contribution >= 4 is 27.6 Å². The van der Waals surface area contributed by atoms with Gasteiger partial charge in [-0.25, -0.2) is 0 Å². The van der Waals surface area contributed by atoms with Crippen LogP contribution >= 0.6 is 0 Å². The number of nitrogens with zero attached hydrogens (tertiary/aromatic N) is 2. The summed E-state index contributed by atoms with van der Waals surface area (Å²) in [4.78, 5) is 27.6. The number of rotatable bonds is 5. The van der Waals surface area contributed by atoms with Crippen molar-refractivity contribution < 1.29 is 4.79 Å². The van der Waals surface area contributed by atoms with Gasteiger partial charge in [-0.15, -0.1) is 0 Å². The number of fused-ring (bicyclic) bond motifs is 11. The number of ketones is 1. The Labute approximate surface area is 240 Å². The number of hydrogen-bond donors (Lipinski definition) is 2. The summed E-state index contributed by atoms with van der Waals surface area (Å²) in [5.74, 6) is 0.165. The molecule has 2 N–H and O–H groups in total. The van der Waals surface area contributed by atoms with Crippen molar-refractivity contribution in [2.24, 2.45) is 0 Å². The van der Waals surface area contributed by atoms with E-state index in [2.05, 4.69) is 94.3 Å². The summed E-state index contributed by atoms with van der Waals surface area (Å²) in [6.07, 6.45) is 5.10. The lowest BCUT2D eigenvalue weighted by Gasteiger charge is -2.54. The van der Waals surface area contributed by atoms with Crippen molar-refractivity contribution in [2.75, 3.05) is 13.1 Å². The van der Waals surface area contributed by atoms with Gasteiger partial charge in [0, 0.05) is 57.4 Å². The lowest BCUT2D eigenvalue weighted by Crippen LogP contribution is -2.54. The van der Waals surface area contributed by atoms with E-state index in [-0.39, 0.29) is 18.0 Å². The molecule has 3 aromatic carbocycles. The number of aromatic nitrogens is 2. The van der Waals surface area contributed by atoms with Crippen LogP contribution in [0.5, 0.6) is 0 Å². The average Bonchev–Trinajstić information content (AvgIpc) is 3.58. The van der Waals surface area contributed by atoms with E-state index in [1.165, 1.54) is 50.1 Å². The van der Waals surface area contributed by atoms with E-state index in [4.69, 9.17) is 0 Å². The topological polar surface area (TPSA) is 55.1 Å². The maximum atomic E-state index is 14.7. The molecule has 41 heavy (non-hydrogen) atoms. The zero-order valence-electron chi connectivity index (χ0n) is 23.8. The van der Waals surface area contributed by atoms with Crippen molar-refractivity contribution in [2.45, 2.75) is 58.2 Å². The molecule has 0 spiro atoms. The highest BCUT2D eigenvalue weighted by atomic mass is 16.1. The summed E-state index contributed by atoms with van der Waals surface area (Å²) in [5.41, 5.74) is 11.8. The van der Waals surface area contributed by atoms with Crippen LogP contribution in [0.25, 0.3) is 21.8 Å². The van der Waals surface area contributed by atoms with Gasteiger partial charge in [-0.3, -0.25) is 9.69 Å². The van der Waals surface area contributed by atoms with Gasteiger partial charge in [0.05, 0.1) is 11.7 Å². The molecule has 0 amide bonds. The largest absolute Gasteiger partial charge is 0.357 e. The highest BCUT2D eigenvalue weighted by Gasteiger charge is 2.49. The number of para-hydroxylation sites is 2. The predicted octanol–water partition coefficient (Wildman–Crippen LogP) is 7.75. The molecule has 206 valence electrons. The van der Waals surface area contributed by atoms with E-state index >= 15 is 0 Å². The van der Waals surface area contributed by atoms with Crippen molar-refractivity contribution in [3.05, 3.63) is 118 Å². The zero-order chi connectivity index (χ0) is 27.7. The highest BCUT2D eigenvalue weighted by molar-refractivity contribution is 6.10. The third kappa shape index (κ3) is 3.68. The number of benzene rings is 3. The van der Waals surface area contributed by atoms with E-state index in [0.29, 0.717) is 0 Å². The highest BCUT2D eigenvalue weighted by Crippen LogP contribution is 2.52. The molecule has 0 radical (unpaired) electrons. The number of aromatic amines is 2. The minimum atomic E-state index is -0.120. The molecule has 0 unspecified atom stereocenters. The van der Waals surface area contributed by atoms with E-state index in [0.717, 1.165) is 61.8 Å². The fourth-order valence-corrected chi connectivity index (χ4v) is 7.73. The maximum absolute atomic E-state index is 14.7. The fourth-order valence-electron chi connectivity index (χ4n) is 7.73. The first-order valence-electron chi connectivity index (χ1n) is 15.2. The summed E-state index contributed by atoms with van der Waals surface area (Å²) < 4.78 is 0. The van der Waals surface area contributed by atoms with Gasteiger partial charge >= 0.3 is 0 Å². The van der Waals surface area contributed by atoms with Gasteiger partial charge < -0.3 is 14.9 Å². The molecular formula is C36H36N4O. The van der Waals surface area contributed by atoms with E-state index in [9.17, 15) is 4.79 Å². The van der Waals surface area contributed by atoms with E-state index in [1.807, 2.05) is 12.1 Å². The number of carbonyl (C=O) groups is 1. The molecule has 3 aliphatic rings. The van der Waals surface area contributed by atoms with Crippen LogP contribution in [0, 0.1) is 6.92 Å². The summed E-state index contributed by atoms with van der Waals surface area (Å²) >= 11 is 0. The predicted molar refractivity (Wildman–Crippen MR) is 165 cm³/mol. The van der Waals surface area contributed by atoms with Crippen LogP contribution in [0.4, 0.5) is 0 Å². The molecule has 5 aromatic rings. The standard InChI is InChI=1S/C36H36N4O/c1-3-4-13-30-31(35(41)23-16-14-22(2)15-17-23)34-32-26(24-9-5-7-11-28(24)37-32)19-21-40(34)36-33-27(18-20-39(30)36)25-10-6-8-12-29(25)38-33/h5-12,14-17,34,36-38H,3-4,13,18-21H2,1-2H3/t34-,36-/m1/s1. The van der Waals surface area contributed by atoms with Crippen molar-refractivity contribution in [3.8, 4) is 0 Å². The monoisotopic (exact) mass is 540 g/mol. The lowest BCUT2D eigenvalue weighted by molar-refractivity contribution is 0.000623. The van der Waals surface area contributed by atoms with Gasteiger partial charge in [0.25, 0.3) is 0 Å². The molecular weight excluding hydrogens is 504 g/mol. The molecule has 8 rings (SSSR count). The molecule has 0 fully saturated rings. The number of unbranched alkanes of at least 4 members (excludes halogenated alkanes) is 1. The summed E-state index contributed by atoms with van der Waals surface area (Å²) in [7, 11) is 0. The van der Waals surface area contributed by atoms with Crippen LogP contribution in [0.15, 0.2) is 84.1 Å². The Balaban J connectivity index is 1.39. The second-order valence-corrected chi connectivity index (χ2v) is 12.0. The molecule has 3 aliphatic heterocycles. The first-order chi connectivity index (χ1) is 20.1. The first-order valence-corrected chi connectivity index (χ1v) is 15.2. The van der Waals surface area contributed by atoms with E-state index < -0.39 is 0 Å². The lowest BCUT2D eigenvalue weighted by atomic mass is 9.81. The van der Waals surface area contributed by atoms with E-state index in [1.54, 1.807) is 0 Å². The summed E-state index contributed by atoms with van der Waals surface area (Å²) in [6.45, 7) is 6.15. The molecule has 5 heteroatoms. The Kier molecular flexibility index (Phi) is 5.71. The molecule has 0 bridgehead atoms. The fraction of sp³-hybridized carbons (Fsp3) is 0.306. The molecule has 0 saturated carbocycles. The molecule has 2 atom stereocenters. The Bertz CT molecular complexity index is 1840. The number of Topliss-reactive ketones (excluding diaryl/α,β-unsaturated/α-hetero) is 1. The van der Waals surface area contributed by atoms with Gasteiger partial charge in [0.1, 0.15) is 6.17 Å². The Morgan fingerprint density at radius 3 is 2.17 bits per heavy atom. The Morgan fingerprint density at radius 1 is 0.829 bits per heavy atom. The molecule has 2 aromatic heterocycles. The number of carbonyl (C=O) groups excluding carboxylic acids is 1. The average molecular weight is 541 g/mol. The minimum Gasteiger partial charge on any atom is -0.357 e. The SMILES string of the molecule is CCCCC1=C(C(=O)c2ccc(C)cc2)[C@@H]2c3[nH]c4ccccc4c3CCN2[C@@H]2c3[nH]c4ccccc4c3CCN12. The second kappa shape index (κ2) is 9.49. The Hall–Kier alpha value is -4.09. The van der Waals surface area contributed by atoms with Gasteiger partial charge in [-0.2, -0.15) is 0 Å². The van der Waals surface area contributed by atoms with Gasteiger partial charge in [-0.1, -0.05) is 79.6 Å². The Morgan fingerprint density at radius 2 is 1.46 bits per heavy atom. The number of aryl methyl sites for hydroxylation is 1. The van der Waals surface area contributed by atoms with Crippen LogP contribution in [0.2, 0.25) is 0 Å². The third-order valence-corrected chi connectivity index (χ3v) is 9.65. The molecule has 0 saturated heterocycles. The third-order valence-electron chi connectivity index (χ3n) is 9.65. The second-order valence-electron chi connectivity index (χ2n) is 12.0. The van der Waals surface area contributed by atoms with Crippen molar-refractivity contribution in [3.63, 3.8) is 0 Å². The summed E-state index contributed by atoms with van der Waals surface area (Å²) in [6, 6.07) is 25.4. The molecule has 5 nitrogen and oxygen atoms in total. The number of allylic oxidation sites excluding steroid dienone is 1. The van der Waals surface area contributed by atoms with Crippen LogP contribution in [-0.2, 0) is 12.8 Å². The zero-order valence-corrected chi connectivity index (χ0v) is 23.8. The quantitative estimate of drug-likeness (QED) is 0.224. The first kappa shape index (κ1) is 24.7. The summed E-state index contributed by atoms with van der Waals surface area (Å²) in [5, 5.41) is 2.62. The normalized spacial score (nSPS) is 20.2. The minimum absolute atomic E-state index is 0.0807. The van der Waals surface area contributed by atoms with Crippen molar-refractivity contribution in [1.29, 1.82) is 0 Å².